The molecule has 6 heteroatoms. The SMILES string of the molecule is CCS(=O)(=O)CCCS(=O)O. The lowest BCUT2D eigenvalue weighted by atomic mass is 10.6. The fraction of sp³-hybridized carbons (Fsp3) is 1.00. The summed E-state index contributed by atoms with van der Waals surface area (Å²) in [6.07, 6.45) is 0.263. The fourth-order valence-electron chi connectivity index (χ4n) is 0.547. The van der Waals surface area contributed by atoms with Gasteiger partial charge in [0.25, 0.3) is 0 Å². The first-order valence-corrected chi connectivity index (χ1v) is 6.35. The Labute approximate surface area is 69.2 Å². The van der Waals surface area contributed by atoms with Gasteiger partial charge in [-0.1, -0.05) is 6.92 Å². The highest BCUT2D eigenvalue weighted by Gasteiger charge is 2.06. The second-order valence-electron chi connectivity index (χ2n) is 2.12. The highest BCUT2D eigenvalue weighted by atomic mass is 32.2. The lowest BCUT2D eigenvalue weighted by Gasteiger charge is -1.97. The lowest BCUT2D eigenvalue weighted by Crippen LogP contribution is -2.11. The highest BCUT2D eigenvalue weighted by molar-refractivity contribution is 7.91. The van der Waals surface area contributed by atoms with E-state index in [1.807, 2.05) is 0 Å². The van der Waals surface area contributed by atoms with Gasteiger partial charge in [0.2, 0.25) is 0 Å². The quantitative estimate of drug-likeness (QED) is 0.636. The standard InChI is InChI=1S/C5H12O4S2/c1-2-11(8,9)5-3-4-10(6)7/h2-5H2,1H3,(H,6,7). The van der Waals surface area contributed by atoms with Crippen molar-refractivity contribution in [3.05, 3.63) is 0 Å². The van der Waals surface area contributed by atoms with Crippen LogP contribution < -0.4 is 0 Å². The van der Waals surface area contributed by atoms with Gasteiger partial charge in [0.1, 0.15) is 9.84 Å². The first kappa shape index (κ1) is 11.1. The Balaban J connectivity index is 3.63. The van der Waals surface area contributed by atoms with Gasteiger partial charge in [0.15, 0.2) is 11.1 Å². The molecule has 1 N–H and O–H groups in total. The Hall–Kier alpha value is 0.0600. The van der Waals surface area contributed by atoms with Crippen molar-refractivity contribution in [2.24, 2.45) is 0 Å². The van der Waals surface area contributed by atoms with Crippen molar-refractivity contribution in [3.63, 3.8) is 0 Å². The van der Waals surface area contributed by atoms with E-state index in [1.54, 1.807) is 6.92 Å². The van der Waals surface area contributed by atoms with Crippen LogP contribution in [0.5, 0.6) is 0 Å². The zero-order valence-electron chi connectivity index (χ0n) is 6.32. The normalized spacial score (nSPS) is 14.7. The van der Waals surface area contributed by atoms with E-state index in [1.165, 1.54) is 0 Å². The monoisotopic (exact) mass is 200 g/mol. The molecule has 0 saturated carbocycles. The van der Waals surface area contributed by atoms with Gasteiger partial charge in [-0.25, -0.2) is 12.6 Å². The Morgan fingerprint density at radius 1 is 1.45 bits per heavy atom. The smallest absolute Gasteiger partial charge is 0.152 e. The Morgan fingerprint density at radius 2 is 2.00 bits per heavy atom. The maximum Gasteiger partial charge on any atom is 0.152 e. The second kappa shape index (κ2) is 4.84. The average Bonchev–Trinajstić information content (AvgIpc) is 1.87. The van der Waals surface area contributed by atoms with Gasteiger partial charge in [0, 0.05) is 5.75 Å². The summed E-state index contributed by atoms with van der Waals surface area (Å²) in [7, 11) is -2.96. The van der Waals surface area contributed by atoms with Crippen molar-refractivity contribution in [1.82, 2.24) is 0 Å². The molecule has 0 aliphatic carbocycles. The molecule has 1 atom stereocenters. The second-order valence-corrected chi connectivity index (χ2v) is 5.64. The third kappa shape index (κ3) is 6.46. The van der Waals surface area contributed by atoms with Crippen LogP contribution >= 0.6 is 0 Å². The summed E-state index contributed by atoms with van der Waals surface area (Å²) in [6.45, 7) is 1.56. The minimum Gasteiger partial charge on any atom is -0.306 e. The van der Waals surface area contributed by atoms with Crippen molar-refractivity contribution in [1.29, 1.82) is 0 Å². The predicted molar refractivity (Wildman–Crippen MR) is 44.6 cm³/mol. The number of hydrogen-bond donors (Lipinski definition) is 1. The van der Waals surface area contributed by atoms with E-state index in [9.17, 15) is 12.6 Å². The molecule has 0 aromatic rings. The third-order valence-corrected chi connectivity index (χ3v) is 3.64. The molecule has 0 aromatic heterocycles. The average molecular weight is 200 g/mol. The van der Waals surface area contributed by atoms with Crippen molar-refractivity contribution >= 4 is 20.9 Å². The molecule has 0 spiro atoms. The van der Waals surface area contributed by atoms with Crippen LogP contribution in [0, 0.1) is 0 Å². The first-order valence-electron chi connectivity index (χ1n) is 3.26. The molecule has 0 amide bonds. The Morgan fingerprint density at radius 3 is 2.36 bits per heavy atom. The van der Waals surface area contributed by atoms with Gasteiger partial charge in [-0.05, 0) is 6.42 Å². The summed E-state index contributed by atoms with van der Waals surface area (Å²) in [6, 6.07) is 0. The summed E-state index contributed by atoms with van der Waals surface area (Å²) in [5.74, 6) is 0.153. The summed E-state index contributed by atoms with van der Waals surface area (Å²) < 4.78 is 40.0. The molecule has 0 saturated heterocycles. The van der Waals surface area contributed by atoms with Crippen LogP contribution in [-0.4, -0.2) is 34.4 Å². The van der Waals surface area contributed by atoms with Crippen LogP contribution in [0.25, 0.3) is 0 Å². The van der Waals surface area contributed by atoms with E-state index in [0.29, 0.717) is 0 Å². The molecule has 0 aliphatic rings. The molecule has 68 valence electrons. The van der Waals surface area contributed by atoms with Crippen molar-refractivity contribution in [2.75, 3.05) is 17.3 Å². The minimum atomic E-state index is -2.96. The molecule has 0 aromatic carbocycles. The number of sulfone groups is 1. The summed E-state index contributed by atoms with van der Waals surface area (Å²) in [5.41, 5.74) is 0. The fourth-order valence-corrected chi connectivity index (χ4v) is 1.99. The first-order chi connectivity index (χ1) is 4.98. The summed E-state index contributed by atoms with van der Waals surface area (Å²) in [5, 5.41) is 0. The van der Waals surface area contributed by atoms with E-state index in [0.717, 1.165) is 0 Å². The van der Waals surface area contributed by atoms with E-state index in [2.05, 4.69) is 0 Å². The van der Waals surface area contributed by atoms with Gasteiger partial charge >= 0.3 is 0 Å². The molecular weight excluding hydrogens is 188 g/mol. The Kier molecular flexibility index (Phi) is 4.87. The van der Waals surface area contributed by atoms with Gasteiger partial charge in [-0.15, -0.1) is 0 Å². The molecule has 11 heavy (non-hydrogen) atoms. The maximum atomic E-state index is 10.8. The molecule has 0 rings (SSSR count). The van der Waals surface area contributed by atoms with Crippen molar-refractivity contribution < 1.29 is 17.2 Å². The predicted octanol–water partition coefficient (Wildman–Crippen LogP) is 0.0329. The molecule has 0 bridgehead atoms. The molecule has 0 fully saturated rings. The molecule has 0 heterocycles. The molecule has 0 radical (unpaired) electrons. The zero-order valence-corrected chi connectivity index (χ0v) is 7.95. The largest absolute Gasteiger partial charge is 0.306 e. The van der Waals surface area contributed by atoms with Gasteiger partial charge in [-0.2, -0.15) is 0 Å². The van der Waals surface area contributed by atoms with Crippen molar-refractivity contribution in [2.45, 2.75) is 13.3 Å². The topological polar surface area (TPSA) is 71.4 Å². The highest BCUT2D eigenvalue weighted by Crippen LogP contribution is 1.94. The van der Waals surface area contributed by atoms with Gasteiger partial charge < -0.3 is 4.55 Å². The molecule has 4 nitrogen and oxygen atoms in total. The van der Waals surface area contributed by atoms with E-state index in [-0.39, 0.29) is 23.7 Å². The van der Waals surface area contributed by atoms with E-state index < -0.39 is 20.9 Å². The lowest BCUT2D eigenvalue weighted by molar-refractivity contribution is 0.562. The Bertz CT molecular complexity index is 219. The summed E-state index contributed by atoms with van der Waals surface area (Å²) in [4.78, 5) is 0. The van der Waals surface area contributed by atoms with E-state index >= 15 is 0 Å². The maximum absolute atomic E-state index is 10.8. The van der Waals surface area contributed by atoms with Crippen LogP contribution in [0.3, 0.4) is 0 Å². The number of hydrogen-bond acceptors (Lipinski definition) is 3. The van der Waals surface area contributed by atoms with Gasteiger partial charge in [0.05, 0.1) is 11.5 Å². The van der Waals surface area contributed by atoms with Crippen LogP contribution in [-0.2, 0) is 20.9 Å². The number of rotatable bonds is 5. The molecule has 0 aliphatic heterocycles. The molecule has 1 unspecified atom stereocenters. The van der Waals surface area contributed by atoms with Crippen LogP contribution in [0.4, 0.5) is 0 Å². The molecular formula is C5H12O4S2. The zero-order chi connectivity index (χ0) is 8.91. The summed E-state index contributed by atoms with van der Waals surface area (Å²) >= 11 is -1.87. The van der Waals surface area contributed by atoms with Crippen LogP contribution in [0.2, 0.25) is 0 Å². The third-order valence-electron chi connectivity index (χ3n) is 1.21. The minimum absolute atomic E-state index is 0.00972. The van der Waals surface area contributed by atoms with Gasteiger partial charge in [-0.3, -0.25) is 0 Å². The van der Waals surface area contributed by atoms with Crippen LogP contribution in [0.1, 0.15) is 13.3 Å². The van der Waals surface area contributed by atoms with Crippen molar-refractivity contribution in [3.8, 4) is 0 Å². The van der Waals surface area contributed by atoms with E-state index in [4.69, 9.17) is 4.55 Å². The van der Waals surface area contributed by atoms with Crippen LogP contribution in [0.15, 0.2) is 0 Å².